The van der Waals surface area contributed by atoms with E-state index in [9.17, 15) is 10.1 Å². The lowest BCUT2D eigenvalue weighted by Crippen LogP contribution is -2.55. The van der Waals surface area contributed by atoms with Gasteiger partial charge in [-0.25, -0.2) is 0 Å². The maximum atomic E-state index is 13.2. The van der Waals surface area contributed by atoms with Crippen LogP contribution in [0, 0.1) is 11.3 Å². The van der Waals surface area contributed by atoms with Gasteiger partial charge in [0.05, 0.1) is 41.3 Å². The molecule has 0 radical (unpaired) electrons. The number of rotatable bonds is 10. The summed E-state index contributed by atoms with van der Waals surface area (Å²) < 4.78 is 6.56. The van der Waals surface area contributed by atoms with E-state index in [1.165, 1.54) is 0 Å². The number of hydrogen-bond acceptors (Lipinski definition) is 10. The van der Waals surface area contributed by atoms with Crippen LogP contribution in [0.2, 0.25) is 5.02 Å². The fourth-order valence-electron chi connectivity index (χ4n) is 7.71. The number of halogens is 1. The second-order valence-electron chi connectivity index (χ2n) is 14.5. The molecule has 2 saturated heterocycles. The highest BCUT2D eigenvalue weighted by atomic mass is 35.5. The van der Waals surface area contributed by atoms with Crippen LogP contribution < -0.4 is 14.5 Å². The number of aromatic nitrogens is 2. The number of carbonyl (C=O) groups is 1. The van der Waals surface area contributed by atoms with E-state index in [1.54, 1.807) is 6.08 Å². The lowest BCUT2D eigenvalue weighted by atomic mass is 10.0. The van der Waals surface area contributed by atoms with E-state index in [0.29, 0.717) is 45.3 Å². The van der Waals surface area contributed by atoms with Crippen LogP contribution in [-0.2, 0) is 17.8 Å². The molecule has 7 rings (SSSR count). The van der Waals surface area contributed by atoms with Crippen molar-refractivity contribution < 1.29 is 9.53 Å². The quantitative estimate of drug-likeness (QED) is 0.289. The number of likely N-dealkylation sites (N-methyl/N-ethyl adjacent to an activating group) is 2. The molecule has 3 aliphatic heterocycles. The summed E-state index contributed by atoms with van der Waals surface area (Å²) in [5.41, 5.74) is 3.21. The Morgan fingerprint density at radius 1 is 1.06 bits per heavy atom. The number of hydrogen-bond donors (Lipinski definition) is 0. The Morgan fingerprint density at radius 2 is 1.84 bits per heavy atom. The summed E-state index contributed by atoms with van der Waals surface area (Å²) in [6.45, 7) is 8.53. The fourth-order valence-corrected chi connectivity index (χ4v) is 7.99. The van der Waals surface area contributed by atoms with Crippen LogP contribution in [0.3, 0.4) is 0 Å². The van der Waals surface area contributed by atoms with Crippen molar-refractivity contribution in [3.8, 4) is 12.1 Å². The predicted molar refractivity (Wildman–Crippen MR) is 198 cm³/mol. The number of benzene rings is 2. The van der Waals surface area contributed by atoms with E-state index in [4.69, 9.17) is 26.3 Å². The van der Waals surface area contributed by atoms with Crippen molar-refractivity contribution in [2.45, 2.75) is 43.8 Å². The number of nitrogens with zero attached hydrogens (tertiary/aromatic N) is 9. The van der Waals surface area contributed by atoms with Crippen molar-refractivity contribution in [2.24, 2.45) is 0 Å². The lowest BCUT2D eigenvalue weighted by Gasteiger charge is -2.42. The minimum absolute atomic E-state index is 0.0520. The monoisotopic (exact) mass is 697 g/mol. The van der Waals surface area contributed by atoms with Crippen LogP contribution in [0.5, 0.6) is 6.01 Å². The minimum atomic E-state index is -0.245. The Morgan fingerprint density at radius 3 is 2.58 bits per heavy atom. The molecule has 1 saturated carbocycles. The first-order valence-corrected chi connectivity index (χ1v) is 18.2. The first-order chi connectivity index (χ1) is 24.2. The zero-order valence-corrected chi connectivity index (χ0v) is 30.3. The number of fused-ring (bicyclic) bond motifs is 2. The van der Waals surface area contributed by atoms with Crippen molar-refractivity contribution in [3.63, 3.8) is 0 Å². The molecule has 3 aromatic rings. The zero-order chi connectivity index (χ0) is 34.8. The molecule has 4 heterocycles. The Kier molecular flexibility index (Phi) is 10.2. The van der Waals surface area contributed by atoms with Gasteiger partial charge >= 0.3 is 6.01 Å². The second-order valence-corrected chi connectivity index (χ2v) is 14.9. The van der Waals surface area contributed by atoms with Gasteiger partial charge in [0.15, 0.2) is 0 Å². The summed E-state index contributed by atoms with van der Waals surface area (Å²) in [7, 11) is 6.13. The van der Waals surface area contributed by atoms with Crippen molar-refractivity contribution in [2.75, 3.05) is 96.5 Å². The highest BCUT2D eigenvalue weighted by molar-refractivity contribution is 6.36. The molecule has 0 N–H and O–H groups in total. The summed E-state index contributed by atoms with van der Waals surface area (Å²) in [4.78, 5) is 36.9. The largest absolute Gasteiger partial charge is 0.461 e. The summed E-state index contributed by atoms with van der Waals surface area (Å²) in [6, 6.07) is 14.9. The Labute approximate surface area is 300 Å². The minimum Gasteiger partial charge on any atom is -0.461 e. The summed E-state index contributed by atoms with van der Waals surface area (Å²) >= 11 is 6.77. The number of amides is 1. The van der Waals surface area contributed by atoms with Crippen molar-refractivity contribution in [1.82, 2.24) is 29.6 Å². The van der Waals surface area contributed by atoms with Crippen LogP contribution >= 0.6 is 11.6 Å². The average molecular weight is 698 g/mol. The molecular weight excluding hydrogens is 650 g/mol. The molecule has 0 spiro atoms. The van der Waals surface area contributed by atoms with Gasteiger partial charge in [0, 0.05) is 81.6 Å². The molecule has 0 unspecified atom stereocenters. The zero-order valence-electron chi connectivity index (χ0n) is 29.5. The summed E-state index contributed by atoms with van der Waals surface area (Å²) in [5.74, 6) is 0.812. The van der Waals surface area contributed by atoms with E-state index in [0.717, 1.165) is 90.5 Å². The normalized spacial score (nSPS) is 21.1. The van der Waals surface area contributed by atoms with Crippen LogP contribution in [0.1, 0.15) is 30.5 Å². The van der Waals surface area contributed by atoms with Crippen LogP contribution in [0.25, 0.3) is 10.8 Å². The van der Waals surface area contributed by atoms with E-state index < -0.39 is 0 Å². The Bertz CT molecular complexity index is 1770. The first kappa shape index (κ1) is 34.5. The number of carbonyl (C=O) groups excluding carboxylic acids is 1. The Balaban J connectivity index is 1.18. The van der Waals surface area contributed by atoms with Gasteiger partial charge in [-0.15, -0.1) is 0 Å². The summed E-state index contributed by atoms with van der Waals surface area (Å²) in [6.07, 6.45) is 6.78. The molecule has 3 fully saturated rings. The van der Waals surface area contributed by atoms with Gasteiger partial charge in [0.25, 0.3) is 0 Å². The smallest absolute Gasteiger partial charge is 0.318 e. The second kappa shape index (κ2) is 14.7. The van der Waals surface area contributed by atoms with Crippen LogP contribution in [0.15, 0.2) is 48.6 Å². The van der Waals surface area contributed by atoms with Gasteiger partial charge < -0.3 is 29.2 Å². The maximum absolute atomic E-state index is 13.2. The van der Waals surface area contributed by atoms with Gasteiger partial charge in [-0.1, -0.05) is 41.9 Å². The first-order valence-electron chi connectivity index (χ1n) is 17.9. The molecule has 11 nitrogen and oxygen atoms in total. The molecular formula is C38H48ClN9O2. The van der Waals surface area contributed by atoms with Gasteiger partial charge in [-0.2, -0.15) is 15.2 Å². The number of ether oxygens (including phenoxy) is 1. The molecule has 0 bridgehead atoms. The lowest BCUT2D eigenvalue weighted by molar-refractivity contribution is -0.128. The molecule has 1 atom stereocenters. The molecule has 4 aliphatic rings. The van der Waals surface area contributed by atoms with Gasteiger partial charge in [0.2, 0.25) is 5.91 Å². The molecule has 1 amide bonds. The third-order valence-electron chi connectivity index (χ3n) is 10.8. The maximum Gasteiger partial charge on any atom is 0.318 e. The number of anilines is 2. The molecule has 50 heavy (non-hydrogen) atoms. The van der Waals surface area contributed by atoms with Crippen molar-refractivity contribution in [1.29, 1.82) is 5.26 Å². The third kappa shape index (κ3) is 7.26. The molecule has 1 aromatic heterocycles. The van der Waals surface area contributed by atoms with E-state index in [1.807, 2.05) is 42.1 Å². The highest BCUT2D eigenvalue weighted by Crippen LogP contribution is 2.43. The predicted octanol–water partition coefficient (Wildman–Crippen LogP) is 4.05. The molecule has 264 valence electrons. The van der Waals surface area contributed by atoms with E-state index in [2.05, 4.69) is 57.0 Å². The molecule has 2 aromatic carbocycles. The van der Waals surface area contributed by atoms with Crippen molar-refractivity contribution >= 4 is 39.8 Å². The van der Waals surface area contributed by atoms with Crippen molar-refractivity contribution in [3.05, 3.63) is 64.8 Å². The third-order valence-corrected chi connectivity index (χ3v) is 11.1. The Hall–Kier alpha value is -3.95. The molecule has 1 aliphatic carbocycles. The van der Waals surface area contributed by atoms with E-state index >= 15 is 0 Å². The van der Waals surface area contributed by atoms with Crippen LogP contribution in [-0.4, -0.2) is 134 Å². The standard InChI is InChI=1S/C38H48ClN9O2/c1-43(2)17-6-11-34(49)48-24-21-46(25-29(48)12-16-40)36-30-13-18-45(33-10-5-8-28-7-4-9-31(39)35(28)33)26-32(30)41-37(42-36)50-27-38(14-15-38)47-22-19-44(3)20-23-47/h4-11,29H,12-15,17-27H2,1-3H3/b11-6+/t29-/m0/s1. The number of nitriles is 1. The number of piperazine rings is 2. The highest BCUT2D eigenvalue weighted by Gasteiger charge is 2.49. The fraction of sp³-hybridized carbons (Fsp3) is 0.526. The van der Waals surface area contributed by atoms with Crippen LogP contribution in [0.4, 0.5) is 11.5 Å². The average Bonchev–Trinajstić information content (AvgIpc) is 3.91. The van der Waals surface area contributed by atoms with Gasteiger partial charge in [-0.3, -0.25) is 9.69 Å². The van der Waals surface area contributed by atoms with Gasteiger partial charge in [0.1, 0.15) is 12.4 Å². The van der Waals surface area contributed by atoms with Gasteiger partial charge in [-0.05, 0) is 57.9 Å². The summed E-state index contributed by atoms with van der Waals surface area (Å²) in [5, 5.41) is 12.7. The SMILES string of the molecule is CN(C)C/C=C/C(=O)N1CCN(c2nc(OCC3(N4CCN(C)CC4)CC3)nc3c2CCN(c2cccc4cccc(Cl)c24)C3)C[C@@H]1CC#N. The topological polar surface area (TPSA) is 95.3 Å². The molecule has 12 heteroatoms. The van der Waals surface area contributed by atoms with E-state index in [-0.39, 0.29) is 23.9 Å².